The van der Waals surface area contributed by atoms with Gasteiger partial charge < -0.3 is 0 Å². The topological polar surface area (TPSA) is 32.7 Å². The first-order chi connectivity index (χ1) is 9.36. The van der Waals surface area contributed by atoms with Crippen LogP contribution >= 0.6 is 0 Å². The minimum atomic E-state index is -0.106. The summed E-state index contributed by atoms with van der Waals surface area (Å²) in [5.41, 5.74) is 7.44. The average molecular weight is 250 g/mol. The third-order valence-electron chi connectivity index (χ3n) is 3.39. The van der Waals surface area contributed by atoms with Crippen LogP contribution in [0.2, 0.25) is 0 Å². The number of hydrogen-bond acceptors (Lipinski definition) is 2. The predicted molar refractivity (Wildman–Crippen MR) is 74.4 cm³/mol. The van der Waals surface area contributed by atoms with E-state index in [2.05, 4.69) is 34.8 Å². The highest BCUT2D eigenvalue weighted by Gasteiger charge is 2.30. The zero-order chi connectivity index (χ0) is 13.1. The van der Waals surface area contributed by atoms with E-state index in [1.165, 1.54) is 5.57 Å². The van der Waals surface area contributed by atoms with Crippen LogP contribution in [0, 0.1) is 0 Å². The zero-order valence-corrected chi connectivity index (χ0v) is 10.5. The van der Waals surface area contributed by atoms with Gasteiger partial charge in [-0.15, -0.1) is 0 Å². The fraction of sp³-hybridized carbons (Fsp3) is 0.250. The molecular formula is C16H14N2O. The van der Waals surface area contributed by atoms with Gasteiger partial charge in [0, 0.05) is 12.6 Å². The summed E-state index contributed by atoms with van der Waals surface area (Å²) in [6, 6.07) is 0.0612. The number of allylic oxidation sites excluding steroid dienone is 5. The minimum absolute atomic E-state index is 0.0612. The summed E-state index contributed by atoms with van der Waals surface area (Å²) in [5, 5.41) is 5.80. The van der Waals surface area contributed by atoms with Gasteiger partial charge in [0.15, 0.2) is 0 Å². The van der Waals surface area contributed by atoms with E-state index in [0.717, 1.165) is 19.3 Å². The van der Waals surface area contributed by atoms with Crippen LogP contribution in [0.1, 0.15) is 19.3 Å². The molecule has 3 rings (SSSR count). The van der Waals surface area contributed by atoms with Gasteiger partial charge in [-0.05, 0) is 30.6 Å². The first-order valence-electron chi connectivity index (χ1n) is 6.46. The van der Waals surface area contributed by atoms with E-state index in [9.17, 15) is 4.79 Å². The van der Waals surface area contributed by atoms with Crippen LogP contribution in [0.5, 0.6) is 0 Å². The zero-order valence-electron chi connectivity index (χ0n) is 10.5. The summed E-state index contributed by atoms with van der Waals surface area (Å²) in [6.45, 7) is 0. The van der Waals surface area contributed by atoms with Gasteiger partial charge in [0.25, 0.3) is 5.91 Å². The standard InChI is InChI=1S/C16H14N2O/c19-16(14-9-5-2-6-10-14)18-15(11-12-17-18)13-7-3-1-4-8-13/h1-3,5,7,9,12,15H,4,8,11H2. The second kappa shape index (κ2) is 5.11. The molecule has 0 aromatic carbocycles. The van der Waals surface area contributed by atoms with Crippen LogP contribution in [0.15, 0.2) is 64.2 Å². The largest absolute Gasteiger partial charge is 0.283 e. The van der Waals surface area contributed by atoms with Crippen molar-refractivity contribution in [3.63, 3.8) is 0 Å². The number of hydrogen-bond donors (Lipinski definition) is 0. The first kappa shape index (κ1) is 11.7. The van der Waals surface area contributed by atoms with Crippen molar-refractivity contribution in [1.82, 2.24) is 5.01 Å². The molecule has 1 unspecified atom stereocenters. The number of nitrogens with zero attached hydrogens (tertiary/aromatic N) is 2. The van der Waals surface area contributed by atoms with Gasteiger partial charge in [-0.3, -0.25) is 4.79 Å². The van der Waals surface area contributed by atoms with Gasteiger partial charge in [0.05, 0.1) is 11.6 Å². The second-order valence-corrected chi connectivity index (χ2v) is 4.62. The van der Waals surface area contributed by atoms with Crippen LogP contribution in [-0.4, -0.2) is 23.2 Å². The lowest BCUT2D eigenvalue weighted by Crippen LogP contribution is -2.35. The van der Waals surface area contributed by atoms with Gasteiger partial charge in [-0.2, -0.15) is 5.10 Å². The Labute approximate surface area is 112 Å². The van der Waals surface area contributed by atoms with Crippen molar-refractivity contribution in [2.75, 3.05) is 0 Å². The van der Waals surface area contributed by atoms with Crippen molar-refractivity contribution in [2.24, 2.45) is 5.10 Å². The van der Waals surface area contributed by atoms with Crippen molar-refractivity contribution in [3.05, 3.63) is 59.1 Å². The Hall–Kier alpha value is -2.34. The maximum absolute atomic E-state index is 12.4. The number of rotatable bonds is 2. The summed E-state index contributed by atoms with van der Waals surface area (Å²) < 4.78 is 0. The number of amides is 1. The van der Waals surface area contributed by atoms with Crippen LogP contribution in [0.3, 0.4) is 0 Å². The molecule has 0 N–H and O–H groups in total. The molecule has 0 bridgehead atoms. The SMILES string of the molecule is O=C(C1=C=C=CC=C1)N1N=CCC1C1=CC=CCC1. The molecule has 3 aliphatic rings. The van der Waals surface area contributed by atoms with Crippen molar-refractivity contribution in [2.45, 2.75) is 25.3 Å². The van der Waals surface area contributed by atoms with Crippen molar-refractivity contribution in [3.8, 4) is 0 Å². The molecular weight excluding hydrogens is 236 g/mol. The monoisotopic (exact) mass is 250 g/mol. The van der Waals surface area contributed by atoms with E-state index >= 15 is 0 Å². The molecule has 0 saturated heterocycles. The van der Waals surface area contributed by atoms with Crippen LogP contribution < -0.4 is 0 Å². The fourth-order valence-corrected chi connectivity index (χ4v) is 2.42. The highest BCUT2D eigenvalue weighted by atomic mass is 16.2. The molecule has 0 fully saturated rings. The van der Waals surface area contributed by atoms with Gasteiger partial charge >= 0.3 is 0 Å². The van der Waals surface area contributed by atoms with Crippen LogP contribution in [0.25, 0.3) is 0 Å². The quantitative estimate of drug-likeness (QED) is 0.693. The lowest BCUT2D eigenvalue weighted by atomic mass is 9.95. The van der Waals surface area contributed by atoms with Crippen LogP contribution in [0.4, 0.5) is 0 Å². The first-order valence-corrected chi connectivity index (χ1v) is 6.46. The Bertz CT molecular complexity index is 621. The molecule has 0 spiro atoms. The Morgan fingerprint density at radius 1 is 1.42 bits per heavy atom. The summed E-state index contributed by atoms with van der Waals surface area (Å²) in [7, 11) is 0. The molecule has 2 aliphatic carbocycles. The van der Waals surface area contributed by atoms with E-state index in [0.29, 0.717) is 5.57 Å². The van der Waals surface area contributed by atoms with Crippen molar-refractivity contribution >= 4 is 12.1 Å². The van der Waals surface area contributed by atoms with Crippen LogP contribution in [-0.2, 0) is 4.79 Å². The lowest BCUT2D eigenvalue weighted by molar-refractivity contribution is -0.127. The molecule has 19 heavy (non-hydrogen) atoms. The average Bonchev–Trinajstić information content (AvgIpc) is 2.98. The summed E-state index contributed by atoms with van der Waals surface area (Å²) in [6.07, 6.45) is 16.2. The summed E-state index contributed by atoms with van der Waals surface area (Å²) in [5.74, 6) is -0.106. The molecule has 0 saturated carbocycles. The van der Waals surface area contributed by atoms with Gasteiger partial charge in [-0.1, -0.05) is 35.8 Å². The van der Waals surface area contributed by atoms with E-state index in [1.54, 1.807) is 23.2 Å². The highest BCUT2D eigenvalue weighted by molar-refractivity contribution is 5.97. The van der Waals surface area contributed by atoms with E-state index < -0.39 is 0 Å². The van der Waals surface area contributed by atoms with E-state index in [-0.39, 0.29) is 11.9 Å². The van der Waals surface area contributed by atoms with E-state index in [4.69, 9.17) is 0 Å². The molecule has 94 valence electrons. The van der Waals surface area contributed by atoms with Crippen molar-refractivity contribution in [1.29, 1.82) is 0 Å². The normalized spacial score (nSPS) is 23.8. The molecule has 3 nitrogen and oxygen atoms in total. The third kappa shape index (κ3) is 2.30. The molecule has 0 aromatic rings. The summed E-state index contributed by atoms with van der Waals surface area (Å²) >= 11 is 0. The molecule has 1 amide bonds. The molecule has 0 radical (unpaired) electrons. The maximum Gasteiger partial charge on any atom is 0.283 e. The highest BCUT2D eigenvalue weighted by Crippen LogP contribution is 2.26. The molecule has 0 aromatic heterocycles. The van der Waals surface area contributed by atoms with Crippen molar-refractivity contribution < 1.29 is 4.79 Å². The number of carbonyl (C=O) groups is 1. The Balaban J connectivity index is 1.85. The second-order valence-electron chi connectivity index (χ2n) is 4.62. The predicted octanol–water partition coefficient (Wildman–Crippen LogP) is 2.66. The molecule has 1 heterocycles. The fourth-order valence-electron chi connectivity index (χ4n) is 2.42. The van der Waals surface area contributed by atoms with Gasteiger partial charge in [0.2, 0.25) is 0 Å². The smallest absolute Gasteiger partial charge is 0.266 e. The molecule has 1 aliphatic heterocycles. The third-order valence-corrected chi connectivity index (χ3v) is 3.39. The molecule has 3 heteroatoms. The Kier molecular flexibility index (Phi) is 3.16. The molecule has 1 atom stereocenters. The number of carbonyl (C=O) groups excluding carboxylic acids is 1. The number of hydrazone groups is 1. The summed E-state index contributed by atoms with van der Waals surface area (Å²) in [4.78, 5) is 12.4. The maximum atomic E-state index is 12.4. The Morgan fingerprint density at radius 3 is 3.11 bits per heavy atom. The minimum Gasteiger partial charge on any atom is -0.266 e. The lowest BCUT2D eigenvalue weighted by Gasteiger charge is -2.25. The Morgan fingerprint density at radius 2 is 2.37 bits per heavy atom. The van der Waals surface area contributed by atoms with E-state index in [1.807, 2.05) is 6.21 Å². The van der Waals surface area contributed by atoms with Gasteiger partial charge in [-0.25, -0.2) is 5.01 Å². The van der Waals surface area contributed by atoms with Gasteiger partial charge in [0.1, 0.15) is 0 Å².